The maximum Gasteiger partial charge on any atom is 0.188 e. The second-order valence-electron chi connectivity index (χ2n) is 5.29. The number of nitrogens with zero attached hydrogens (tertiary/aromatic N) is 1. The normalized spacial score (nSPS) is 19.2. The van der Waals surface area contributed by atoms with Gasteiger partial charge in [0.2, 0.25) is 0 Å². The lowest BCUT2D eigenvalue weighted by molar-refractivity contribution is 0.118. The van der Waals surface area contributed by atoms with Gasteiger partial charge >= 0.3 is 0 Å². The third-order valence-corrected chi connectivity index (χ3v) is 3.64. The molecule has 112 valence electrons. The van der Waals surface area contributed by atoms with Gasteiger partial charge in [-0.1, -0.05) is 18.2 Å². The molecule has 1 aliphatic heterocycles. The Kier molecular flexibility index (Phi) is 4.40. The Morgan fingerprint density at radius 2 is 2.29 bits per heavy atom. The van der Waals surface area contributed by atoms with Crippen LogP contribution in [0.2, 0.25) is 0 Å². The highest BCUT2D eigenvalue weighted by Gasteiger charge is 2.14. The fourth-order valence-electron chi connectivity index (χ4n) is 2.52. The minimum absolute atomic E-state index is 0.237. The molecule has 2 heterocycles. The Balaban J connectivity index is 1.45. The van der Waals surface area contributed by atoms with Gasteiger partial charge in [-0.15, -0.1) is 0 Å². The summed E-state index contributed by atoms with van der Waals surface area (Å²) in [5, 5.41) is 4.24. The highest BCUT2D eigenvalue weighted by molar-refractivity contribution is 5.78. The fraction of sp³-hybridized carbons (Fsp3) is 0.438. The number of fused-ring (bicyclic) bond motifs is 1. The number of nitrogens with one attached hydrogen (secondary N) is 1. The van der Waals surface area contributed by atoms with Gasteiger partial charge < -0.3 is 20.2 Å². The van der Waals surface area contributed by atoms with Crippen LogP contribution in [0.3, 0.4) is 0 Å². The molecule has 1 saturated heterocycles. The van der Waals surface area contributed by atoms with Crippen LogP contribution in [0, 0.1) is 0 Å². The van der Waals surface area contributed by atoms with E-state index in [9.17, 15) is 0 Å². The quantitative estimate of drug-likeness (QED) is 0.652. The molecule has 0 amide bonds. The molecule has 1 aromatic carbocycles. The van der Waals surface area contributed by atoms with E-state index >= 15 is 0 Å². The van der Waals surface area contributed by atoms with Crippen molar-refractivity contribution in [2.45, 2.75) is 25.4 Å². The molecule has 0 bridgehead atoms. The number of nitrogens with two attached hydrogens (primary N) is 1. The molecule has 1 fully saturated rings. The van der Waals surface area contributed by atoms with Crippen LogP contribution < -0.4 is 11.1 Å². The van der Waals surface area contributed by atoms with Gasteiger partial charge in [-0.25, -0.2) is 0 Å². The summed E-state index contributed by atoms with van der Waals surface area (Å²) in [5.74, 6) is 1.43. The highest BCUT2D eigenvalue weighted by Crippen LogP contribution is 2.18. The minimum Gasteiger partial charge on any atom is -0.461 e. The number of rotatable bonds is 5. The lowest BCUT2D eigenvalue weighted by Crippen LogP contribution is -2.34. The largest absolute Gasteiger partial charge is 0.461 e. The van der Waals surface area contributed by atoms with E-state index in [-0.39, 0.29) is 6.10 Å². The molecule has 0 radical (unpaired) electrons. The van der Waals surface area contributed by atoms with Crippen molar-refractivity contribution in [3.63, 3.8) is 0 Å². The molecule has 0 spiro atoms. The van der Waals surface area contributed by atoms with Crippen LogP contribution in [0.25, 0.3) is 11.0 Å². The predicted molar refractivity (Wildman–Crippen MR) is 83.4 cm³/mol. The lowest BCUT2D eigenvalue weighted by Gasteiger charge is -2.07. The van der Waals surface area contributed by atoms with E-state index in [1.54, 1.807) is 0 Å². The predicted octanol–water partition coefficient (Wildman–Crippen LogP) is 2.06. The van der Waals surface area contributed by atoms with Gasteiger partial charge in [0.25, 0.3) is 0 Å². The summed E-state index contributed by atoms with van der Waals surface area (Å²) >= 11 is 0. The molecule has 3 N–H and O–H groups in total. The molecule has 1 aliphatic rings. The first kappa shape index (κ1) is 13.9. The van der Waals surface area contributed by atoms with E-state index in [4.69, 9.17) is 14.9 Å². The van der Waals surface area contributed by atoms with Gasteiger partial charge in [0.1, 0.15) is 11.3 Å². The molecule has 5 heteroatoms. The topological polar surface area (TPSA) is 72.8 Å². The van der Waals surface area contributed by atoms with E-state index in [0.717, 1.165) is 42.6 Å². The summed E-state index contributed by atoms with van der Waals surface area (Å²) in [6.45, 7) is 2.20. The van der Waals surface area contributed by atoms with Gasteiger partial charge in [0.05, 0.1) is 12.6 Å². The van der Waals surface area contributed by atoms with Crippen molar-refractivity contribution < 1.29 is 9.15 Å². The smallest absolute Gasteiger partial charge is 0.188 e. The Hall–Kier alpha value is -2.01. The maximum absolute atomic E-state index is 5.84. The van der Waals surface area contributed by atoms with E-state index in [1.165, 1.54) is 0 Å². The molecule has 5 nitrogen and oxygen atoms in total. The van der Waals surface area contributed by atoms with Crippen LogP contribution >= 0.6 is 0 Å². The maximum atomic E-state index is 5.84. The van der Waals surface area contributed by atoms with Crippen molar-refractivity contribution in [3.05, 3.63) is 36.1 Å². The van der Waals surface area contributed by atoms with Crippen LogP contribution in [-0.2, 0) is 11.2 Å². The molecule has 2 aromatic rings. The molecular formula is C16H21N3O2. The van der Waals surface area contributed by atoms with E-state index in [0.29, 0.717) is 19.0 Å². The number of hydrogen-bond acceptors (Lipinski definition) is 3. The number of ether oxygens (including phenoxy) is 1. The third-order valence-electron chi connectivity index (χ3n) is 3.64. The minimum atomic E-state index is 0.237. The van der Waals surface area contributed by atoms with Crippen LogP contribution in [-0.4, -0.2) is 31.8 Å². The average molecular weight is 287 g/mol. The second kappa shape index (κ2) is 6.63. The first-order valence-electron chi connectivity index (χ1n) is 7.44. The number of guanidine groups is 1. The van der Waals surface area contributed by atoms with Crippen molar-refractivity contribution in [1.29, 1.82) is 0 Å². The number of aliphatic imine (C=N–C) groups is 1. The molecule has 21 heavy (non-hydrogen) atoms. The zero-order valence-electron chi connectivity index (χ0n) is 12.0. The van der Waals surface area contributed by atoms with Gasteiger partial charge in [0, 0.05) is 25.0 Å². The van der Waals surface area contributed by atoms with Gasteiger partial charge in [-0.2, -0.15) is 0 Å². The van der Waals surface area contributed by atoms with Crippen molar-refractivity contribution >= 4 is 16.9 Å². The van der Waals surface area contributed by atoms with E-state index < -0.39 is 0 Å². The lowest BCUT2D eigenvalue weighted by atomic mass is 10.2. The standard InChI is InChI=1S/C16H21N3O2/c17-16(19-11-14-5-3-9-20-14)18-8-7-13-10-12-4-1-2-6-15(12)21-13/h1-2,4,6,10,14H,3,5,7-9,11H2,(H3,17,18,19). The molecule has 1 unspecified atom stereocenters. The Morgan fingerprint density at radius 3 is 3.10 bits per heavy atom. The summed E-state index contributed by atoms with van der Waals surface area (Å²) in [7, 11) is 0. The van der Waals surface area contributed by atoms with Crippen LogP contribution in [0.5, 0.6) is 0 Å². The highest BCUT2D eigenvalue weighted by atomic mass is 16.5. The third kappa shape index (κ3) is 3.76. The summed E-state index contributed by atoms with van der Waals surface area (Å²) in [6, 6.07) is 10.1. The fourth-order valence-corrected chi connectivity index (χ4v) is 2.52. The van der Waals surface area contributed by atoms with Gasteiger partial charge in [-0.05, 0) is 25.0 Å². The molecule has 3 rings (SSSR count). The van der Waals surface area contributed by atoms with E-state index in [2.05, 4.69) is 16.4 Å². The summed E-state index contributed by atoms with van der Waals surface area (Å²) in [4.78, 5) is 4.31. The Morgan fingerprint density at radius 1 is 1.38 bits per heavy atom. The summed E-state index contributed by atoms with van der Waals surface area (Å²) in [5.41, 5.74) is 6.77. The number of hydrogen-bond donors (Lipinski definition) is 2. The molecule has 0 aliphatic carbocycles. The van der Waals surface area contributed by atoms with Crippen LogP contribution in [0.4, 0.5) is 0 Å². The average Bonchev–Trinajstić information content (AvgIpc) is 3.14. The first-order chi connectivity index (χ1) is 10.3. The summed E-state index contributed by atoms with van der Waals surface area (Å²) < 4.78 is 11.3. The first-order valence-corrected chi connectivity index (χ1v) is 7.44. The van der Waals surface area contributed by atoms with E-state index in [1.807, 2.05) is 24.3 Å². The summed E-state index contributed by atoms with van der Waals surface area (Å²) in [6.07, 6.45) is 3.22. The monoisotopic (exact) mass is 287 g/mol. The van der Waals surface area contributed by atoms with Crippen molar-refractivity contribution in [2.24, 2.45) is 10.7 Å². The second-order valence-corrected chi connectivity index (χ2v) is 5.29. The van der Waals surface area contributed by atoms with Crippen LogP contribution in [0.1, 0.15) is 18.6 Å². The molecule has 1 aromatic heterocycles. The van der Waals surface area contributed by atoms with Gasteiger partial charge in [-0.3, -0.25) is 4.99 Å². The molecular weight excluding hydrogens is 266 g/mol. The zero-order chi connectivity index (χ0) is 14.5. The van der Waals surface area contributed by atoms with Crippen molar-refractivity contribution in [1.82, 2.24) is 5.32 Å². The van der Waals surface area contributed by atoms with Crippen LogP contribution in [0.15, 0.2) is 39.7 Å². The molecule has 1 atom stereocenters. The van der Waals surface area contributed by atoms with Crippen molar-refractivity contribution in [3.8, 4) is 0 Å². The zero-order valence-corrected chi connectivity index (χ0v) is 12.0. The Labute approximate surface area is 124 Å². The SMILES string of the molecule is NC(=NCC1CCCO1)NCCc1cc2ccccc2o1. The number of furan rings is 1. The molecule has 0 saturated carbocycles. The number of para-hydroxylation sites is 1. The van der Waals surface area contributed by atoms with Crippen molar-refractivity contribution in [2.75, 3.05) is 19.7 Å². The van der Waals surface area contributed by atoms with Gasteiger partial charge in [0.15, 0.2) is 5.96 Å². The Bertz CT molecular complexity index is 582. The number of benzene rings is 1.